The number of nitrogens with zero attached hydrogens (tertiary/aromatic N) is 2. The van der Waals surface area contributed by atoms with Gasteiger partial charge < -0.3 is 10.5 Å². The molecule has 2 aliphatic heterocycles. The summed E-state index contributed by atoms with van der Waals surface area (Å²) in [6.45, 7) is 0.544. The van der Waals surface area contributed by atoms with Gasteiger partial charge in [-0.3, -0.25) is 29.2 Å². The molecule has 1 aromatic carbocycles. The number of amides is 3. The first-order valence-electron chi connectivity index (χ1n) is 8.32. The molecule has 3 amide bonds. The molecule has 138 valence electrons. The van der Waals surface area contributed by atoms with Gasteiger partial charge in [-0.2, -0.15) is 0 Å². The van der Waals surface area contributed by atoms with E-state index in [-0.39, 0.29) is 16.9 Å². The van der Waals surface area contributed by atoms with E-state index < -0.39 is 23.5 Å². The van der Waals surface area contributed by atoms with E-state index in [2.05, 4.69) is 5.32 Å². The molecular weight excluding hydrogens is 352 g/mol. The molecule has 4 rings (SSSR count). The average molecular weight is 368 g/mol. The van der Waals surface area contributed by atoms with Gasteiger partial charge in [0, 0.05) is 12.6 Å². The van der Waals surface area contributed by atoms with Crippen LogP contribution in [0.5, 0.6) is 0 Å². The highest BCUT2D eigenvalue weighted by Gasteiger charge is 2.32. The summed E-state index contributed by atoms with van der Waals surface area (Å²) in [5, 5.41) is 2.14. The summed E-state index contributed by atoms with van der Waals surface area (Å²) in [6.07, 6.45) is 1.01. The van der Waals surface area contributed by atoms with E-state index in [0.29, 0.717) is 17.9 Å². The van der Waals surface area contributed by atoms with Crippen molar-refractivity contribution < 1.29 is 19.1 Å². The highest BCUT2D eigenvalue weighted by Crippen LogP contribution is 2.31. The number of ether oxygens (including phenoxy) is 1. The van der Waals surface area contributed by atoms with Crippen molar-refractivity contribution in [2.75, 3.05) is 24.3 Å². The Labute approximate surface area is 153 Å². The van der Waals surface area contributed by atoms with Crippen LogP contribution in [0.4, 0.5) is 16.3 Å². The molecule has 3 N–H and O–H groups in total. The van der Waals surface area contributed by atoms with E-state index in [0.717, 1.165) is 24.5 Å². The number of nitrogens with two attached hydrogens (primary N) is 1. The number of imide groups is 1. The minimum atomic E-state index is -0.634. The second kappa shape index (κ2) is 5.97. The number of nitrogen functional groups attached to an aromatic ring is 1. The van der Waals surface area contributed by atoms with Crippen molar-refractivity contribution in [1.29, 1.82) is 0 Å². The normalized spacial score (nSPS) is 15.2. The summed E-state index contributed by atoms with van der Waals surface area (Å²) < 4.78 is 6.00. The van der Waals surface area contributed by atoms with Crippen molar-refractivity contribution in [3.8, 4) is 5.69 Å². The number of benzene rings is 1. The van der Waals surface area contributed by atoms with E-state index in [1.54, 1.807) is 18.2 Å². The third-order valence-corrected chi connectivity index (χ3v) is 4.79. The number of carbonyl (C=O) groups excluding carboxylic acids is 3. The molecule has 0 fully saturated rings. The SMILES string of the molecule is COC(=O)N1CCCc2cc(-n3c(N)c4c(cc3=O)C(=O)NC4=O)ccc21. The van der Waals surface area contributed by atoms with E-state index in [9.17, 15) is 19.2 Å². The van der Waals surface area contributed by atoms with Crippen molar-refractivity contribution in [2.45, 2.75) is 12.8 Å². The number of carbonyl (C=O) groups is 3. The largest absolute Gasteiger partial charge is 0.452 e. The summed E-state index contributed by atoms with van der Waals surface area (Å²) in [4.78, 5) is 49.8. The smallest absolute Gasteiger partial charge is 0.414 e. The van der Waals surface area contributed by atoms with Crippen LogP contribution in [0.25, 0.3) is 5.69 Å². The minimum absolute atomic E-state index is 0.00601. The molecule has 0 saturated heterocycles. The standard InChI is InChI=1S/C18H16N4O5/c1-27-18(26)21-6-2-3-9-7-10(4-5-12(9)21)22-13(23)8-11-14(15(22)19)17(25)20-16(11)24/h4-5,7-8H,2-3,6,19H2,1H3,(H,20,24,25). The van der Waals surface area contributed by atoms with E-state index in [1.807, 2.05) is 0 Å². The van der Waals surface area contributed by atoms with Crippen molar-refractivity contribution in [3.63, 3.8) is 0 Å². The number of aromatic nitrogens is 1. The van der Waals surface area contributed by atoms with Gasteiger partial charge in [0.2, 0.25) is 0 Å². The molecule has 1 aromatic heterocycles. The fourth-order valence-electron chi connectivity index (χ4n) is 3.57. The Morgan fingerprint density at radius 3 is 2.70 bits per heavy atom. The molecular formula is C18H16N4O5. The molecule has 0 bridgehead atoms. The fraction of sp³-hybridized carbons (Fsp3) is 0.222. The Morgan fingerprint density at radius 1 is 1.19 bits per heavy atom. The zero-order chi connectivity index (χ0) is 19.3. The monoisotopic (exact) mass is 368 g/mol. The van der Waals surface area contributed by atoms with Gasteiger partial charge in [0.1, 0.15) is 5.82 Å². The van der Waals surface area contributed by atoms with Crippen molar-refractivity contribution in [3.05, 3.63) is 51.3 Å². The van der Waals surface area contributed by atoms with Gasteiger partial charge in [-0.05, 0) is 36.6 Å². The number of anilines is 2. The number of aryl methyl sites for hydroxylation is 1. The zero-order valence-electron chi connectivity index (χ0n) is 14.4. The number of methoxy groups -OCH3 is 1. The lowest BCUT2D eigenvalue weighted by molar-refractivity contribution is 0.0879. The molecule has 0 aliphatic carbocycles. The third kappa shape index (κ3) is 2.47. The lowest BCUT2D eigenvalue weighted by Gasteiger charge is -2.28. The number of hydrogen-bond acceptors (Lipinski definition) is 6. The Morgan fingerprint density at radius 2 is 1.96 bits per heavy atom. The van der Waals surface area contributed by atoms with Crippen LogP contribution in [0.3, 0.4) is 0 Å². The summed E-state index contributed by atoms with van der Waals surface area (Å²) in [5.41, 5.74) is 7.54. The predicted molar refractivity (Wildman–Crippen MR) is 96.3 cm³/mol. The van der Waals surface area contributed by atoms with Gasteiger partial charge in [-0.1, -0.05) is 0 Å². The molecule has 0 radical (unpaired) electrons. The molecule has 9 heteroatoms. The van der Waals surface area contributed by atoms with Crippen molar-refractivity contribution in [1.82, 2.24) is 9.88 Å². The number of hydrogen-bond donors (Lipinski definition) is 2. The third-order valence-electron chi connectivity index (χ3n) is 4.79. The maximum absolute atomic E-state index is 12.5. The summed E-state index contributed by atoms with van der Waals surface area (Å²) >= 11 is 0. The lowest BCUT2D eigenvalue weighted by Crippen LogP contribution is -2.35. The van der Waals surface area contributed by atoms with Crippen LogP contribution in [-0.2, 0) is 11.2 Å². The highest BCUT2D eigenvalue weighted by molar-refractivity contribution is 6.23. The van der Waals surface area contributed by atoms with Crippen LogP contribution >= 0.6 is 0 Å². The average Bonchev–Trinajstić information content (AvgIpc) is 2.94. The van der Waals surface area contributed by atoms with E-state index in [4.69, 9.17) is 10.5 Å². The first-order valence-corrected chi connectivity index (χ1v) is 8.32. The van der Waals surface area contributed by atoms with Crippen LogP contribution in [-0.4, -0.2) is 36.1 Å². The Balaban J connectivity index is 1.86. The number of rotatable bonds is 1. The topological polar surface area (TPSA) is 124 Å². The maximum atomic E-state index is 12.5. The molecule has 2 aromatic rings. The second-order valence-corrected chi connectivity index (χ2v) is 6.31. The van der Waals surface area contributed by atoms with Gasteiger partial charge in [0.15, 0.2) is 0 Å². The molecule has 0 saturated carbocycles. The fourth-order valence-corrected chi connectivity index (χ4v) is 3.57. The van der Waals surface area contributed by atoms with Gasteiger partial charge >= 0.3 is 6.09 Å². The minimum Gasteiger partial charge on any atom is -0.452 e. The van der Waals surface area contributed by atoms with Gasteiger partial charge in [-0.25, -0.2) is 4.79 Å². The highest BCUT2D eigenvalue weighted by atomic mass is 16.5. The molecule has 0 atom stereocenters. The van der Waals surface area contributed by atoms with Crippen LogP contribution in [0.15, 0.2) is 29.1 Å². The number of pyridine rings is 1. The molecule has 0 spiro atoms. The van der Waals surface area contributed by atoms with Gasteiger partial charge in [-0.15, -0.1) is 0 Å². The van der Waals surface area contributed by atoms with Crippen LogP contribution in [0, 0.1) is 0 Å². The predicted octanol–water partition coefficient (Wildman–Crippen LogP) is 0.822. The van der Waals surface area contributed by atoms with Gasteiger partial charge in [0.05, 0.1) is 29.6 Å². The zero-order valence-corrected chi connectivity index (χ0v) is 14.4. The van der Waals surface area contributed by atoms with Crippen LogP contribution in [0.2, 0.25) is 0 Å². The molecule has 3 heterocycles. The van der Waals surface area contributed by atoms with Crippen LogP contribution < -0.4 is 21.5 Å². The summed E-state index contributed by atoms with van der Waals surface area (Å²) in [5.74, 6) is -1.36. The van der Waals surface area contributed by atoms with Gasteiger partial charge in [0.25, 0.3) is 17.4 Å². The quantitative estimate of drug-likeness (QED) is 0.718. The molecule has 0 unspecified atom stereocenters. The van der Waals surface area contributed by atoms with Crippen molar-refractivity contribution in [2.24, 2.45) is 0 Å². The molecule has 27 heavy (non-hydrogen) atoms. The van der Waals surface area contributed by atoms with Crippen molar-refractivity contribution >= 4 is 29.4 Å². The Hall–Kier alpha value is -3.62. The van der Waals surface area contributed by atoms with Crippen LogP contribution in [0.1, 0.15) is 32.7 Å². The second-order valence-electron chi connectivity index (χ2n) is 6.31. The molecule has 2 aliphatic rings. The maximum Gasteiger partial charge on any atom is 0.414 e. The van der Waals surface area contributed by atoms with E-state index in [1.165, 1.54) is 16.6 Å². The summed E-state index contributed by atoms with van der Waals surface area (Å²) in [6, 6.07) is 6.21. The Bertz CT molecular complexity index is 1070. The number of fused-ring (bicyclic) bond motifs is 2. The first kappa shape index (κ1) is 16.8. The Kier molecular flexibility index (Phi) is 3.72. The lowest BCUT2D eigenvalue weighted by atomic mass is 10.0. The molecule has 9 nitrogen and oxygen atoms in total. The first-order chi connectivity index (χ1) is 12.9. The van der Waals surface area contributed by atoms with E-state index >= 15 is 0 Å². The number of nitrogens with one attached hydrogen (secondary N) is 1. The summed E-state index contributed by atoms with van der Waals surface area (Å²) in [7, 11) is 1.32.